The average Bonchev–Trinajstić information content (AvgIpc) is 3.18. The molecule has 3 aliphatic rings. The molecular formula is C40H56N6O7S. The van der Waals surface area contributed by atoms with Gasteiger partial charge >= 0.3 is 6.03 Å². The minimum atomic E-state index is -4.39. The molecule has 3 aromatic rings. The predicted molar refractivity (Wildman–Crippen MR) is 212 cm³/mol. The maximum Gasteiger partial charge on any atom is 0.335 e. The van der Waals surface area contributed by atoms with Gasteiger partial charge in [-0.1, -0.05) is 38.1 Å². The third-order valence-corrected chi connectivity index (χ3v) is 12.7. The van der Waals surface area contributed by atoms with Gasteiger partial charge in [0.05, 0.1) is 25.6 Å². The topological polar surface area (TPSA) is 138 Å². The number of methoxy groups -OCH3 is 2. The summed E-state index contributed by atoms with van der Waals surface area (Å²) in [4.78, 5) is 22.8. The second-order valence-corrected chi connectivity index (χ2v) is 16.6. The fourth-order valence-electron chi connectivity index (χ4n) is 8.04. The number of nitrogens with one attached hydrogen (secondary N) is 1. The van der Waals surface area contributed by atoms with Crippen molar-refractivity contribution in [3.63, 3.8) is 0 Å². The summed E-state index contributed by atoms with van der Waals surface area (Å²) in [5.74, 6) is 1.28. The first-order valence-corrected chi connectivity index (χ1v) is 20.5. The second kappa shape index (κ2) is 17.0. The van der Waals surface area contributed by atoms with E-state index in [1.54, 1.807) is 14.2 Å². The maximum atomic E-state index is 13.2. The number of urea groups is 1. The number of hydrogen-bond acceptors (Lipinski definition) is 11. The number of nitrogens with zero attached hydrogens (tertiary/aromatic N) is 5. The summed E-state index contributed by atoms with van der Waals surface area (Å²) in [5, 5.41) is 23.5. The molecule has 0 saturated carbocycles. The molecule has 0 aromatic heterocycles. The number of amides is 2. The van der Waals surface area contributed by atoms with Crippen LogP contribution in [0.15, 0.2) is 53.4 Å². The lowest BCUT2D eigenvalue weighted by molar-refractivity contribution is 0.238. The van der Waals surface area contributed by atoms with Gasteiger partial charge in [-0.25, -0.2) is 17.9 Å². The molecule has 14 heteroatoms. The molecule has 3 aromatic carbocycles. The van der Waals surface area contributed by atoms with Crippen molar-refractivity contribution in [3.05, 3.63) is 59.7 Å². The van der Waals surface area contributed by atoms with Crippen LogP contribution >= 0.6 is 0 Å². The number of piperazine rings is 2. The smallest absolute Gasteiger partial charge is 0.335 e. The Bertz CT molecular complexity index is 1890. The van der Waals surface area contributed by atoms with E-state index in [-0.39, 0.29) is 29.0 Å². The highest BCUT2D eigenvalue weighted by molar-refractivity contribution is 7.90. The largest absolute Gasteiger partial charge is 0.506 e. The molecule has 0 radical (unpaired) electrons. The van der Waals surface area contributed by atoms with Crippen molar-refractivity contribution < 1.29 is 32.9 Å². The number of rotatable bonds is 14. The van der Waals surface area contributed by atoms with Crippen LogP contribution in [0.4, 0.5) is 21.9 Å². The van der Waals surface area contributed by atoms with Gasteiger partial charge < -0.3 is 29.5 Å². The van der Waals surface area contributed by atoms with Crippen molar-refractivity contribution in [3.8, 4) is 23.0 Å². The number of phenols is 2. The quantitative estimate of drug-likeness (QED) is 0.196. The zero-order chi connectivity index (χ0) is 38.6. The maximum absolute atomic E-state index is 13.2. The molecule has 0 bridgehead atoms. The highest BCUT2D eigenvalue weighted by Crippen LogP contribution is 2.49. The molecule has 2 unspecified atom stereocenters. The Morgan fingerprint density at radius 2 is 1.13 bits per heavy atom. The van der Waals surface area contributed by atoms with Crippen LogP contribution in [0, 0.1) is 11.8 Å². The van der Waals surface area contributed by atoms with Crippen molar-refractivity contribution in [2.75, 3.05) is 101 Å². The molecule has 2 fully saturated rings. The Balaban J connectivity index is 1.12. The number of fused-ring (bicyclic) bond motifs is 1. The first-order valence-electron chi connectivity index (χ1n) is 19.0. The summed E-state index contributed by atoms with van der Waals surface area (Å²) in [6.45, 7) is 13.1. The number of carbonyl (C=O) groups excluding carboxylic acids is 1. The van der Waals surface area contributed by atoms with E-state index in [4.69, 9.17) is 9.47 Å². The minimum absolute atomic E-state index is 0.0767. The number of hydrogen-bond donors (Lipinski definition) is 3. The SMILES string of the molecule is COc1ccccc1N1CCN(CCC(C)Cc2c(O)c3c(c(O)c2CC(C)CCN2CCN(c4ccccc4OC)CC2)S(=O)(=O)NC(=O)N3C)CC1. The summed E-state index contributed by atoms with van der Waals surface area (Å²) >= 11 is 0. The van der Waals surface area contributed by atoms with Crippen molar-refractivity contribution in [2.24, 2.45) is 11.8 Å². The Morgan fingerprint density at radius 1 is 0.704 bits per heavy atom. The molecule has 2 saturated heterocycles. The fourth-order valence-corrected chi connectivity index (χ4v) is 9.38. The van der Waals surface area contributed by atoms with E-state index in [1.807, 2.05) is 41.1 Å². The van der Waals surface area contributed by atoms with Gasteiger partial charge in [0.15, 0.2) is 4.90 Å². The number of ether oxygens (including phenoxy) is 2. The number of phenolic OH excluding ortho intramolecular Hbond substituents is 2. The molecule has 3 N–H and O–H groups in total. The standard InChI is InChI=1S/C40H56N6O7S/c1-28(14-16-43-18-22-45(23-19-43)32-10-6-8-12-34(32)52-4)26-30-31(38(48)39-36(37(30)47)42(3)40(49)41-54(39,50)51)27-29(2)15-17-44-20-24-46(25-21-44)33-11-7-9-13-35(33)53-5/h6-13,28-29,47-48H,14-27H2,1-5H3,(H,41,49). The van der Waals surface area contributed by atoms with Gasteiger partial charge in [-0.15, -0.1) is 0 Å². The predicted octanol–water partition coefficient (Wildman–Crippen LogP) is 4.74. The van der Waals surface area contributed by atoms with Crippen LogP contribution in [0.2, 0.25) is 0 Å². The van der Waals surface area contributed by atoms with Crippen LogP contribution < -0.4 is 28.9 Å². The van der Waals surface area contributed by atoms with Gasteiger partial charge in [0.25, 0.3) is 10.0 Å². The van der Waals surface area contributed by atoms with Crippen molar-refractivity contribution in [1.82, 2.24) is 14.5 Å². The van der Waals surface area contributed by atoms with Gasteiger partial charge in [0.1, 0.15) is 28.7 Å². The van der Waals surface area contributed by atoms with E-state index in [9.17, 15) is 23.4 Å². The molecule has 6 rings (SSSR count). The first kappa shape index (κ1) is 39.3. The van der Waals surface area contributed by atoms with E-state index in [2.05, 4.69) is 45.6 Å². The Kier molecular flexibility index (Phi) is 12.3. The van der Waals surface area contributed by atoms with E-state index in [1.165, 1.54) is 7.05 Å². The first-order chi connectivity index (χ1) is 25.9. The zero-order valence-corrected chi connectivity index (χ0v) is 33.1. The molecule has 2 amide bonds. The van der Waals surface area contributed by atoms with Gasteiger partial charge in [-0.05, 0) is 74.9 Å². The highest BCUT2D eigenvalue weighted by atomic mass is 32.2. The van der Waals surface area contributed by atoms with Crippen LogP contribution in [-0.2, 0) is 22.9 Å². The molecule has 54 heavy (non-hydrogen) atoms. The number of anilines is 3. The molecule has 0 spiro atoms. The monoisotopic (exact) mass is 764 g/mol. The van der Waals surface area contributed by atoms with Crippen molar-refractivity contribution >= 4 is 33.1 Å². The molecule has 294 valence electrons. The molecule has 3 heterocycles. The van der Waals surface area contributed by atoms with Crippen LogP contribution in [-0.4, -0.2) is 121 Å². The summed E-state index contributed by atoms with van der Waals surface area (Å²) in [6, 6.07) is 15.3. The van der Waals surface area contributed by atoms with E-state index < -0.39 is 20.9 Å². The van der Waals surface area contributed by atoms with Crippen LogP contribution in [0.3, 0.4) is 0 Å². The van der Waals surface area contributed by atoms with Crippen molar-refractivity contribution in [1.29, 1.82) is 0 Å². The summed E-state index contributed by atoms with van der Waals surface area (Å²) in [7, 11) is 0.400. The van der Waals surface area contributed by atoms with Gasteiger partial charge in [-0.2, -0.15) is 0 Å². The van der Waals surface area contributed by atoms with Crippen LogP contribution in [0.1, 0.15) is 37.8 Å². The summed E-state index contributed by atoms with van der Waals surface area (Å²) in [5.41, 5.74) is 2.97. The number of para-hydroxylation sites is 4. The lowest BCUT2D eigenvalue weighted by Crippen LogP contribution is -2.47. The molecule has 3 aliphatic heterocycles. The van der Waals surface area contributed by atoms with Crippen LogP contribution in [0.5, 0.6) is 23.0 Å². The summed E-state index contributed by atoms with van der Waals surface area (Å²) in [6.07, 6.45) is 2.48. The van der Waals surface area contributed by atoms with E-state index in [0.717, 1.165) is 106 Å². The third-order valence-electron chi connectivity index (χ3n) is 11.3. The Labute approximate surface area is 320 Å². The van der Waals surface area contributed by atoms with Gasteiger partial charge in [0, 0.05) is 70.5 Å². The molecule has 0 aliphatic carbocycles. The Morgan fingerprint density at radius 3 is 1.57 bits per heavy atom. The highest BCUT2D eigenvalue weighted by Gasteiger charge is 2.40. The van der Waals surface area contributed by atoms with E-state index in [0.29, 0.717) is 24.0 Å². The minimum Gasteiger partial charge on any atom is -0.506 e. The number of sulfonamides is 1. The second-order valence-electron chi connectivity index (χ2n) is 15.0. The van der Waals surface area contributed by atoms with Crippen molar-refractivity contribution in [2.45, 2.75) is 44.4 Å². The average molecular weight is 765 g/mol. The Hall–Kier alpha value is -4.40. The molecule has 2 atom stereocenters. The lowest BCUT2D eigenvalue weighted by Gasteiger charge is -2.37. The molecular weight excluding hydrogens is 709 g/mol. The van der Waals surface area contributed by atoms with Gasteiger partial charge in [0.2, 0.25) is 0 Å². The van der Waals surface area contributed by atoms with Gasteiger partial charge in [-0.3, -0.25) is 14.7 Å². The normalized spacial score (nSPS) is 18.9. The lowest BCUT2D eigenvalue weighted by atomic mass is 9.87. The number of aromatic hydroxyl groups is 2. The van der Waals surface area contributed by atoms with Crippen LogP contribution in [0.25, 0.3) is 0 Å². The summed E-state index contributed by atoms with van der Waals surface area (Å²) < 4.78 is 39.6. The number of benzene rings is 3. The zero-order valence-electron chi connectivity index (χ0n) is 32.3. The third kappa shape index (κ3) is 8.45. The fraction of sp³-hybridized carbons (Fsp3) is 0.525. The molecule has 13 nitrogen and oxygen atoms in total. The number of carbonyl (C=O) groups is 1. The van der Waals surface area contributed by atoms with E-state index >= 15 is 0 Å².